The molecule has 6 heteroatoms. The zero-order valence-electron chi connectivity index (χ0n) is 16.3. The molecule has 0 unspecified atom stereocenters. The number of hydrogen-bond donors (Lipinski definition) is 2. The van der Waals surface area contributed by atoms with Crippen molar-refractivity contribution in [3.8, 4) is 11.3 Å². The predicted molar refractivity (Wildman–Crippen MR) is 107 cm³/mol. The molecule has 0 bridgehead atoms. The van der Waals surface area contributed by atoms with Crippen LogP contribution in [-0.4, -0.2) is 54.7 Å². The van der Waals surface area contributed by atoms with Crippen molar-refractivity contribution in [2.24, 2.45) is 10.9 Å². The number of nitrogens with zero attached hydrogens (tertiary/aromatic N) is 3. The summed E-state index contributed by atoms with van der Waals surface area (Å²) >= 11 is 0. The molecule has 0 spiro atoms. The third-order valence-corrected chi connectivity index (χ3v) is 4.04. The molecule has 0 aliphatic rings. The summed E-state index contributed by atoms with van der Waals surface area (Å²) in [6, 6.07) is 10.2. The summed E-state index contributed by atoms with van der Waals surface area (Å²) in [5.74, 6) is 2.41. The molecular weight excluding hydrogens is 326 g/mol. The molecular formula is C20H31N5O. The van der Waals surface area contributed by atoms with Crippen LogP contribution in [0.1, 0.15) is 26.1 Å². The van der Waals surface area contributed by atoms with Crippen LogP contribution in [-0.2, 0) is 11.3 Å². The van der Waals surface area contributed by atoms with E-state index < -0.39 is 0 Å². The van der Waals surface area contributed by atoms with Crippen LogP contribution in [0.25, 0.3) is 11.3 Å². The lowest BCUT2D eigenvalue weighted by atomic mass is 10.1. The van der Waals surface area contributed by atoms with Crippen molar-refractivity contribution in [2.45, 2.75) is 26.8 Å². The van der Waals surface area contributed by atoms with Gasteiger partial charge in [-0.05, 0) is 17.9 Å². The summed E-state index contributed by atoms with van der Waals surface area (Å²) in [5.41, 5.74) is 2.16. The van der Waals surface area contributed by atoms with E-state index in [1.165, 1.54) is 0 Å². The predicted octanol–water partition coefficient (Wildman–Crippen LogP) is 3.15. The molecule has 6 nitrogen and oxygen atoms in total. The third-order valence-electron chi connectivity index (χ3n) is 4.04. The van der Waals surface area contributed by atoms with Gasteiger partial charge in [0.25, 0.3) is 0 Å². The number of rotatable bonds is 9. The highest BCUT2D eigenvalue weighted by atomic mass is 16.5. The number of H-pyrrole nitrogens is 1. The molecule has 0 amide bonds. The van der Waals surface area contributed by atoms with E-state index in [4.69, 9.17) is 4.74 Å². The minimum Gasteiger partial charge on any atom is -0.380 e. The molecule has 2 rings (SSSR count). The Kier molecular flexibility index (Phi) is 8.15. The van der Waals surface area contributed by atoms with E-state index in [2.05, 4.69) is 46.3 Å². The average molecular weight is 358 g/mol. The second-order valence-corrected chi connectivity index (χ2v) is 6.73. The smallest absolute Gasteiger partial charge is 0.193 e. The fourth-order valence-corrected chi connectivity index (χ4v) is 2.55. The molecule has 0 saturated carbocycles. The number of imidazole rings is 1. The summed E-state index contributed by atoms with van der Waals surface area (Å²) < 4.78 is 5.64. The van der Waals surface area contributed by atoms with Crippen molar-refractivity contribution in [1.29, 1.82) is 0 Å². The fourth-order valence-electron chi connectivity index (χ4n) is 2.55. The van der Waals surface area contributed by atoms with Crippen LogP contribution in [0.3, 0.4) is 0 Å². The number of hydrogen-bond acceptors (Lipinski definition) is 3. The number of aliphatic imine (C=N–C) groups is 1. The molecule has 1 aromatic heterocycles. The quantitative estimate of drug-likeness (QED) is 0.411. The summed E-state index contributed by atoms with van der Waals surface area (Å²) in [7, 11) is 3.79. The van der Waals surface area contributed by atoms with Gasteiger partial charge in [0.2, 0.25) is 0 Å². The summed E-state index contributed by atoms with van der Waals surface area (Å²) in [6.07, 6.45) is 2.97. The highest BCUT2D eigenvalue weighted by molar-refractivity contribution is 5.79. The first-order valence-electron chi connectivity index (χ1n) is 9.19. The van der Waals surface area contributed by atoms with Crippen molar-refractivity contribution < 1.29 is 4.74 Å². The molecule has 0 aliphatic heterocycles. The van der Waals surface area contributed by atoms with Crippen LogP contribution < -0.4 is 5.32 Å². The van der Waals surface area contributed by atoms with Crippen LogP contribution >= 0.6 is 0 Å². The van der Waals surface area contributed by atoms with Crippen LogP contribution in [0, 0.1) is 5.92 Å². The minimum atomic E-state index is 0.653. The van der Waals surface area contributed by atoms with E-state index in [0.29, 0.717) is 19.1 Å². The lowest BCUT2D eigenvalue weighted by Crippen LogP contribution is -2.40. The normalized spacial score (nSPS) is 11.8. The maximum absolute atomic E-state index is 5.64. The van der Waals surface area contributed by atoms with Gasteiger partial charge in [0.15, 0.2) is 5.96 Å². The zero-order chi connectivity index (χ0) is 18.8. The first kappa shape index (κ1) is 20.0. The van der Waals surface area contributed by atoms with Gasteiger partial charge in [-0.25, -0.2) is 4.98 Å². The van der Waals surface area contributed by atoms with E-state index in [-0.39, 0.29) is 0 Å². The van der Waals surface area contributed by atoms with Crippen molar-refractivity contribution in [3.05, 3.63) is 42.4 Å². The first-order valence-corrected chi connectivity index (χ1v) is 9.19. The second-order valence-electron chi connectivity index (χ2n) is 6.73. The Labute approximate surface area is 156 Å². The Bertz CT molecular complexity index is 666. The third kappa shape index (κ3) is 6.52. The molecule has 0 fully saturated rings. The molecule has 0 atom stereocenters. The Morgan fingerprint density at radius 2 is 2.04 bits per heavy atom. The van der Waals surface area contributed by atoms with Gasteiger partial charge in [0.05, 0.1) is 25.0 Å². The Hall–Kier alpha value is -2.34. The highest BCUT2D eigenvalue weighted by Gasteiger charge is 2.09. The van der Waals surface area contributed by atoms with E-state index in [1.54, 1.807) is 7.05 Å². The lowest BCUT2D eigenvalue weighted by Gasteiger charge is -2.21. The number of aromatic nitrogens is 2. The van der Waals surface area contributed by atoms with Gasteiger partial charge in [0, 0.05) is 27.2 Å². The molecule has 26 heavy (non-hydrogen) atoms. The van der Waals surface area contributed by atoms with Crippen LogP contribution in [0.4, 0.5) is 0 Å². The Morgan fingerprint density at radius 1 is 1.27 bits per heavy atom. The zero-order valence-corrected chi connectivity index (χ0v) is 16.3. The molecule has 1 aromatic carbocycles. The SMILES string of the molecule is CN=C(NCCOCCC(C)C)N(C)Cc1ncc(-c2ccccc2)[nH]1. The molecule has 142 valence electrons. The van der Waals surface area contributed by atoms with E-state index in [9.17, 15) is 0 Å². The molecule has 0 aliphatic carbocycles. The van der Waals surface area contributed by atoms with E-state index >= 15 is 0 Å². The van der Waals surface area contributed by atoms with Crippen molar-refractivity contribution in [2.75, 3.05) is 33.9 Å². The van der Waals surface area contributed by atoms with Gasteiger partial charge in [-0.3, -0.25) is 4.99 Å². The van der Waals surface area contributed by atoms with Crippen molar-refractivity contribution in [1.82, 2.24) is 20.2 Å². The average Bonchev–Trinajstić information content (AvgIpc) is 3.10. The molecule has 0 saturated heterocycles. The Morgan fingerprint density at radius 3 is 2.73 bits per heavy atom. The number of nitrogens with one attached hydrogen (secondary N) is 2. The molecule has 1 heterocycles. The second kappa shape index (κ2) is 10.6. The summed E-state index contributed by atoms with van der Waals surface area (Å²) in [4.78, 5) is 14.2. The van der Waals surface area contributed by atoms with Gasteiger partial charge < -0.3 is 19.9 Å². The minimum absolute atomic E-state index is 0.653. The van der Waals surface area contributed by atoms with Crippen LogP contribution in [0.2, 0.25) is 0 Å². The lowest BCUT2D eigenvalue weighted by molar-refractivity contribution is 0.127. The summed E-state index contributed by atoms with van der Waals surface area (Å²) in [6.45, 7) is 7.29. The van der Waals surface area contributed by atoms with Gasteiger partial charge in [-0.2, -0.15) is 0 Å². The molecule has 0 radical (unpaired) electrons. The van der Waals surface area contributed by atoms with E-state index in [1.807, 2.05) is 36.3 Å². The number of aromatic amines is 1. The Balaban J connectivity index is 1.78. The van der Waals surface area contributed by atoms with E-state index in [0.717, 1.165) is 42.6 Å². The van der Waals surface area contributed by atoms with Gasteiger partial charge in [0.1, 0.15) is 5.82 Å². The van der Waals surface area contributed by atoms with Crippen LogP contribution in [0.15, 0.2) is 41.5 Å². The van der Waals surface area contributed by atoms with Crippen molar-refractivity contribution >= 4 is 5.96 Å². The number of benzene rings is 1. The number of guanidine groups is 1. The maximum atomic E-state index is 5.64. The van der Waals surface area contributed by atoms with Gasteiger partial charge in [-0.1, -0.05) is 44.2 Å². The standard InChI is InChI=1S/C20H31N5O/c1-16(2)10-12-26-13-11-22-20(21-3)25(4)15-19-23-14-18(24-19)17-8-6-5-7-9-17/h5-9,14,16H,10-13,15H2,1-4H3,(H,21,22)(H,23,24). The topological polar surface area (TPSA) is 65.5 Å². The first-order chi connectivity index (χ1) is 12.6. The van der Waals surface area contributed by atoms with Crippen LogP contribution in [0.5, 0.6) is 0 Å². The monoisotopic (exact) mass is 357 g/mol. The molecule has 2 N–H and O–H groups in total. The van der Waals surface area contributed by atoms with Gasteiger partial charge in [-0.15, -0.1) is 0 Å². The fraction of sp³-hybridized carbons (Fsp3) is 0.500. The maximum Gasteiger partial charge on any atom is 0.193 e. The highest BCUT2D eigenvalue weighted by Crippen LogP contribution is 2.16. The summed E-state index contributed by atoms with van der Waals surface area (Å²) in [5, 5.41) is 3.33. The largest absolute Gasteiger partial charge is 0.380 e. The van der Waals surface area contributed by atoms with Gasteiger partial charge >= 0.3 is 0 Å². The number of ether oxygens (including phenoxy) is 1. The molecule has 2 aromatic rings. The van der Waals surface area contributed by atoms with Crippen molar-refractivity contribution in [3.63, 3.8) is 0 Å².